The normalized spacial score (nSPS) is 11.9. The second kappa shape index (κ2) is 19.6. The van der Waals surface area contributed by atoms with Gasteiger partial charge in [0.05, 0.1) is 19.6 Å². The van der Waals surface area contributed by atoms with E-state index in [0.717, 1.165) is 51.4 Å². The fourth-order valence-corrected chi connectivity index (χ4v) is 4.71. The van der Waals surface area contributed by atoms with Crippen molar-refractivity contribution in [1.29, 1.82) is 0 Å². The van der Waals surface area contributed by atoms with E-state index >= 15 is 0 Å². The molecular formula is C36H54N2O7. The molecule has 250 valence electrons. The molecule has 1 unspecified atom stereocenters. The van der Waals surface area contributed by atoms with Crippen molar-refractivity contribution in [3.63, 3.8) is 0 Å². The molecule has 0 spiro atoms. The molecule has 2 aromatic carbocycles. The van der Waals surface area contributed by atoms with E-state index in [0.29, 0.717) is 59.9 Å². The highest BCUT2D eigenvalue weighted by Crippen LogP contribution is 2.38. The van der Waals surface area contributed by atoms with Crippen LogP contribution in [-0.2, 0) is 16.0 Å². The Morgan fingerprint density at radius 1 is 0.822 bits per heavy atom. The molecule has 3 N–H and O–H groups in total. The van der Waals surface area contributed by atoms with Crippen LogP contribution in [0.5, 0.6) is 11.5 Å². The number of benzene rings is 2. The molecule has 0 fully saturated rings. The molecule has 0 aliphatic rings. The van der Waals surface area contributed by atoms with Gasteiger partial charge in [-0.3, -0.25) is 9.59 Å². The zero-order valence-electron chi connectivity index (χ0n) is 28.1. The molecule has 0 bridgehead atoms. The van der Waals surface area contributed by atoms with Crippen molar-refractivity contribution in [2.45, 2.75) is 117 Å². The Kier molecular flexibility index (Phi) is 16.3. The van der Waals surface area contributed by atoms with Gasteiger partial charge in [-0.05, 0) is 82.9 Å². The topological polar surface area (TPSA) is 123 Å². The minimum absolute atomic E-state index is 0.132. The zero-order valence-corrected chi connectivity index (χ0v) is 28.1. The third-order valence-electron chi connectivity index (χ3n) is 7.07. The Morgan fingerprint density at radius 2 is 1.40 bits per heavy atom. The van der Waals surface area contributed by atoms with Gasteiger partial charge in [-0.25, -0.2) is 4.79 Å². The first-order valence-electron chi connectivity index (χ1n) is 16.5. The van der Waals surface area contributed by atoms with Gasteiger partial charge in [0.25, 0.3) is 5.91 Å². The standard InChI is InChI=1S/C36H54N2O7/c1-7-9-11-13-21-43-31-17-15-27(24-33(39)40)23-29(31)30-25-28(16-18-32(30)44-22-14-12-10-8-2)34(41)37-20-19-26(3)38-35(42)45-36(4,5)6/h15-18,23,25-26H,7-14,19-22,24H2,1-6H3,(H,37,41)(H,38,42)(H,39,40). The molecule has 9 nitrogen and oxygen atoms in total. The summed E-state index contributed by atoms with van der Waals surface area (Å²) in [5.41, 5.74) is 1.85. The summed E-state index contributed by atoms with van der Waals surface area (Å²) in [5, 5.41) is 15.2. The smallest absolute Gasteiger partial charge is 0.407 e. The lowest BCUT2D eigenvalue weighted by Gasteiger charge is -2.22. The quantitative estimate of drug-likeness (QED) is 0.128. The summed E-state index contributed by atoms with van der Waals surface area (Å²) >= 11 is 0. The van der Waals surface area contributed by atoms with Gasteiger partial charge in [0.1, 0.15) is 17.1 Å². The molecule has 0 radical (unpaired) electrons. The van der Waals surface area contributed by atoms with E-state index in [-0.39, 0.29) is 18.4 Å². The molecule has 45 heavy (non-hydrogen) atoms. The fourth-order valence-electron chi connectivity index (χ4n) is 4.71. The first-order chi connectivity index (χ1) is 21.4. The molecule has 0 aromatic heterocycles. The predicted octanol–water partition coefficient (Wildman–Crippen LogP) is 7.93. The van der Waals surface area contributed by atoms with Gasteiger partial charge in [-0.1, -0.05) is 58.4 Å². The Balaban J connectivity index is 2.30. The number of carbonyl (C=O) groups is 3. The van der Waals surface area contributed by atoms with Crippen LogP contribution in [0.25, 0.3) is 11.1 Å². The van der Waals surface area contributed by atoms with Crippen LogP contribution in [0.15, 0.2) is 36.4 Å². The first-order valence-corrected chi connectivity index (χ1v) is 16.5. The van der Waals surface area contributed by atoms with Crippen molar-refractivity contribution in [3.8, 4) is 22.6 Å². The van der Waals surface area contributed by atoms with E-state index < -0.39 is 17.7 Å². The van der Waals surface area contributed by atoms with Crippen molar-refractivity contribution in [3.05, 3.63) is 47.5 Å². The maximum absolute atomic E-state index is 13.3. The Labute approximate surface area is 269 Å². The van der Waals surface area contributed by atoms with E-state index in [1.807, 2.05) is 19.1 Å². The van der Waals surface area contributed by atoms with Gasteiger partial charge in [0, 0.05) is 29.3 Å². The number of carbonyl (C=O) groups excluding carboxylic acids is 2. The Morgan fingerprint density at radius 3 is 1.96 bits per heavy atom. The molecule has 2 aromatic rings. The van der Waals surface area contributed by atoms with Crippen molar-refractivity contribution in [2.75, 3.05) is 19.8 Å². The van der Waals surface area contributed by atoms with Crippen LogP contribution in [0.2, 0.25) is 0 Å². The Hall–Kier alpha value is -3.75. The summed E-state index contributed by atoms with van der Waals surface area (Å²) < 4.78 is 17.8. The number of alkyl carbamates (subject to hydrolysis) is 1. The van der Waals surface area contributed by atoms with Gasteiger partial charge in [0.2, 0.25) is 0 Å². The van der Waals surface area contributed by atoms with E-state index in [2.05, 4.69) is 24.5 Å². The number of carboxylic acid groups (broad SMARTS) is 1. The number of carboxylic acids is 1. The summed E-state index contributed by atoms with van der Waals surface area (Å²) in [6.07, 6.45) is 8.36. The van der Waals surface area contributed by atoms with Crippen LogP contribution in [0.3, 0.4) is 0 Å². The number of rotatable bonds is 20. The van der Waals surface area contributed by atoms with Gasteiger partial charge in [-0.2, -0.15) is 0 Å². The number of hydrogen-bond acceptors (Lipinski definition) is 6. The highest BCUT2D eigenvalue weighted by Gasteiger charge is 2.19. The van der Waals surface area contributed by atoms with Gasteiger partial charge in [0.15, 0.2) is 0 Å². The van der Waals surface area contributed by atoms with Crippen LogP contribution in [0.4, 0.5) is 4.79 Å². The number of ether oxygens (including phenoxy) is 3. The Bertz CT molecular complexity index is 1220. The van der Waals surface area contributed by atoms with Crippen LogP contribution in [0, 0.1) is 0 Å². The van der Waals surface area contributed by atoms with Crippen LogP contribution in [-0.4, -0.2) is 54.5 Å². The molecule has 0 aliphatic carbocycles. The third-order valence-corrected chi connectivity index (χ3v) is 7.07. The van der Waals surface area contributed by atoms with Gasteiger partial charge >= 0.3 is 12.1 Å². The molecule has 0 heterocycles. The highest BCUT2D eigenvalue weighted by atomic mass is 16.6. The SMILES string of the molecule is CCCCCCOc1ccc(CC(=O)O)cc1-c1cc(C(=O)NCCC(C)NC(=O)OC(C)(C)C)ccc1OCCCCCC. The van der Waals surface area contributed by atoms with E-state index in [9.17, 15) is 19.5 Å². The summed E-state index contributed by atoms with van der Waals surface area (Å²) in [5.74, 6) is 0.0432. The second-order valence-electron chi connectivity index (χ2n) is 12.5. The fraction of sp³-hybridized carbons (Fsp3) is 0.583. The van der Waals surface area contributed by atoms with Crippen molar-refractivity contribution < 1.29 is 33.7 Å². The van der Waals surface area contributed by atoms with Crippen molar-refractivity contribution >= 4 is 18.0 Å². The molecule has 0 aliphatic heterocycles. The summed E-state index contributed by atoms with van der Waals surface area (Å²) in [4.78, 5) is 36.9. The zero-order chi connectivity index (χ0) is 33.2. The minimum Gasteiger partial charge on any atom is -0.493 e. The predicted molar refractivity (Wildman–Crippen MR) is 178 cm³/mol. The van der Waals surface area contributed by atoms with Crippen molar-refractivity contribution in [2.24, 2.45) is 0 Å². The highest BCUT2D eigenvalue weighted by molar-refractivity contribution is 5.96. The largest absolute Gasteiger partial charge is 0.493 e. The lowest BCUT2D eigenvalue weighted by Crippen LogP contribution is -2.39. The lowest BCUT2D eigenvalue weighted by molar-refractivity contribution is -0.136. The van der Waals surface area contributed by atoms with Crippen LogP contribution >= 0.6 is 0 Å². The van der Waals surface area contributed by atoms with E-state index in [1.165, 1.54) is 0 Å². The summed E-state index contributed by atoms with van der Waals surface area (Å²) in [6, 6.07) is 10.5. The van der Waals surface area contributed by atoms with Gasteiger partial charge in [-0.15, -0.1) is 0 Å². The van der Waals surface area contributed by atoms with Gasteiger partial charge < -0.3 is 30.0 Å². The van der Waals surface area contributed by atoms with Crippen LogP contribution in [0.1, 0.15) is 115 Å². The van der Waals surface area contributed by atoms with Crippen LogP contribution < -0.4 is 20.1 Å². The summed E-state index contributed by atoms with van der Waals surface area (Å²) in [6.45, 7) is 13.0. The lowest BCUT2D eigenvalue weighted by atomic mass is 9.97. The first kappa shape index (κ1) is 37.4. The molecule has 0 saturated heterocycles. The number of aliphatic carboxylic acids is 1. The van der Waals surface area contributed by atoms with Crippen molar-refractivity contribution in [1.82, 2.24) is 10.6 Å². The minimum atomic E-state index is -0.926. The maximum atomic E-state index is 13.3. The molecule has 1 atom stereocenters. The molecule has 2 rings (SSSR count). The average molecular weight is 627 g/mol. The third kappa shape index (κ3) is 14.7. The molecule has 2 amide bonds. The average Bonchev–Trinajstić information content (AvgIpc) is 2.96. The monoisotopic (exact) mass is 626 g/mol. The summed E-state index contributed by atoms with van der Waals surface area (Å²) in [7, 11) is 0. The molecular weight excluding hydrogens is 572 g/mol. The molecule has 0 saturated carbocycles. The number of nitrogens with one attached hydrogen (secondary N) is 2. The van der Waals surface area contributed by atoms with E-state index in [4.69, 9.17) is 14.2 Å². The molecule has 9 heteroatoms. The maximum Gasteiger partial charge on any atom is 0.407 e. The number of unbranched alkanes of at least 4 members (excludes halogenated alkanes) is 6. The van der Waals surface area contributed by atoms with E-state index in [1.54, 1.807) is 45.0 Å². The second-order valence-corrected chi connectivity index (χ2v) is 12.5. The number of amides is 2. The number of hydrogen-bond donors (Lipinski definition) is 3.